The maximum atomic E-state index is 13.1. The highest BCUT2D eigenvalue weighted by molar-refractivity contribution is 6.05. The third kappa shape index (κ3) is 3.64. The third-order valence-corrected chi connectivity index (χ3v) is 6.51. The van der Waals surface area contributed by atoms with E-state index < -0.39 is 17.9 Å². The largest absolute Gasteiger partial charge is 0.322 e. The van der Waals surface area contributed by atoms with Crippen LogP contribution in [-0.4, -0.2) is 64.3 Å². The Labute approximate surface area is 198 Å². The third-order valence-electron chi connectivity index (χ3n) is 6.51. The normalized spacial score (nSPS) is 19.6. The number of imide groups is 1. The number of carbonyl (C=O) groups is 4. The maximum Gasteiger partial charge on any atom is 0.280 e. The van der Waals surface area contributed by atoms with Gasteiger partial charge in [-0.15, -0.1) is 15.3 Å². The van der Waals surface area contributed by atoms with E-state index in [-0.39, 0.29) is 30.5 Å². The molecule has 2 fully saturated rings. The predicted molar refractivity (Wildman–Crippen MR) is 118 cm³/mol. The van der Waals surface area contributed by atoms with Gasteiger partial charge in [0.25, 0.3) is 11.8 Å². The van der Waals surface area contributed by atoms with E-state index in [1.165, 1.54) is 15.8 Å². The zero-order valence-electron chi connectivity index (χ0n) is 18.8. The number of rotatable bonds is 5. The Morgan fingerprint density at radius 2 is 1.94 bits per heavy atom. The van der Waals surface area contributed by atoms with Crippen molar-refractivity contribution < 1.29 is 19.2 Å². The van der Waals surface area contributed by atoms with Gasteiger partial charge in [-0.3, -0.25) is 34.4 Å². The summed E-state index contributed by atoms with van der Waals surface area (Å²) < 4.78 is 3.32. The summed E-state index contributed by atoms with van der Waals surface area (Å²) in [5.41, 5.74) is 1.86. The van der Waals surface area contributed by atoms with E-state index in [1.54, 1.807) is 18.2 Å². The van der Waals surface area contributed by atoms with Crippen molar-refractivity contribution in [1.29, 1.82) is 0 Å². The molecule has 178 valence electrons. The molecule has 2 aromatic heterocycles. The van der Waals surface area contributed by atoms with Crippen molar-refractivity contribution in [3.05, 3.63) is 47.0 Å². The van der Waals surface area contributed by atoms with Crippen LogP contribution in [0.3, 0.4) is 0 Å². The Kier molecular flexibility index (Phi) is 4.72. The van der Waals surface area contributed by atoms with Crippen LogP contribution in [0.1, 0.15) is 64.0 Å². The average molecular weight is 475 g/mol. The first kappa shape index (κ1) is 21.1. The number of amides is 4. The number of aryl methyl sites for hydroxylation is 1. The monoisotopic (exact) mass is 475 g/mol. The van der Waals surface area contributed by atoms with Crippen LogP contribution in [0.4, 0.5) is 5.95 Å². The van der Waals surface area contributed by atoms with Crippen molar-refractivity contribution >= 4 is 29.6 Å². The van der Waals surface area contributed by atoms with E-state index in [4.69, 9.17) is 0 Å². The number of anilines is 1. The zero-order valence-corrected chi connectivity index (χ0v) is 18.8. The summed E-state index contributed by atoms with van der Waals surface area (Å²) >= 11 is 0. The fourth-order valence-electron chi connectivity index (χ4n) is 4.57. The van der Waals surface area contributed by atoms with Crippen LogP contribution in [0, 0.1) is 6.92 Å². The van der Waals surface area contributed by atoms with E-state index >= 15 is 0 Å². The van der Waals surface area contributed by atoms with Crippen molar-refractivity contribution in [3.8, 4) is 5.69 Å². The van der Waals surface area contributed by atoms with Gasteiger partial charge in [0.2, 0.25) is 17.8 Å². The number of piperidine rings is 1. The lowest BCUT2D eigenvalue weighted by molar-refractivity contribution is -0.136. The Balaban J connectivity index is 1.20. The fourth-order valence-corrected chi connectivity index (χ4v) is 4.57. The SMILES string of the molecule is Cc1nnc(NC(=O)c2cn(-c3ccc4c(c3)C(=O)N(C3CCC(=O)NC3=O)C4)nn2)n1C1CC1. The summed E-state index contributed by atoms with van der Waals surface area (Å²) in [6.07, 6.45) is 4.01. The molecule has 4 heterocycles. The van der Waals surface area contributed by atoms with Gasteiger partial charge < -0.3 is 4.90 Å². The minimum Gasteiger partial charge on any atom is -0.322 e. The molecule has 2 aliphatic heterocycles. The molecule has 3 aliphatic rings. The molecular weight excluding hydrogens is 454 g/mol. The minimum absolute atomic E-state index is 0.0880. The van der Waals surface area contributed by atoms with Crippen LogP contribution in [0.2, 0.25) is 0 Å². The van der Waals surface area contributed by atoms with Crippen LogP contribution >= 0.6 is 0 Å². The molecule has 0 bridgehead atoms. The van der Waals surface area contributed by atoms with Crippen LogP contribution in [0.25, 0.3) is 5.69 Å². The zero-order chi connectivity index (χ0) is 24.3. The van der Waals surface area contributed by atoms with E-state index in [1.807, 2.05) is 11.5 Å². The van der Waals surface area contributed by atoms with E-state index in [9.17, 15) is 19.2 Å². The quantitative estimate of drug-likeness (QED) is 0.506. The van der Waals surface area contributed by atoms with E-state index in [2.05, 4.69) is 31.1 Å². The van der Waals surface area contributed by atoms with Crippen molar-refractivity contribution in [1.82, 2.24) is 40.0 Å². The average Bonchev–Trinajstić information content (AvgIpc) is 3.27. The highest BCUT2D eigenvalue weighted by atomic mass is 16.2. The van der Waals surface area contributed by atoms with Gasteiger partial charge >= 0.3 is 0 Å². The molecule has 13 heteroatoms. The molecule has 13 nitrogen and oxygen atoms in total. The maximum absolute atomic E-state index is 13.1. The molecule has 0 radical (unpaired) electrons. The molecule has 1 saturated heterocycles. The molecule has 1 saturated carbocycles. The predicted octanol–water partition coefficient (Wildman–Crippen LogP) is 0.515. The molecule has 4 amide bonds. The van der Waals surface area contributed by atoms with Gasteiger partial charge in [0.15, 0.2) is 5.69 Å². The van der Waals surface area contributed by atoms with Gasteiger partial charge in [0.05, 0.1) is 11.9 Å². The Hall–Kier alpha value is -4.42. The molecule has 1 atom stereocenters. The molecule has 2 N–H and O–H groups in total. The number of hydrogen-bond acceptors (Lipinski definition) is 8. The Morgan fingerprint density at radius 3 is 2.71 bits per heavy atom. The van der Waals surface area contributed by atoms with Gasteiger partial charge in [-0.1, -0.05) is 11.3 Å². The topological polar surface area (TPSA) is 157 Å². The van der Waals surface area contributed by atoms with Gasteiger partial charge in [-0.25, -0.2) is 4.68 Å². The number of nitrogens with zero attached hydrogens (tertiary/aromatic N) is 7. The number of fused-ring (bicyclic) bond motifs is 1. The molecule has 1 aliphatic carbocycles. The summed E-state index contributed by atoms with van der Waals surface area (Å²) in [4.78, 5) is 51.0. The number of hydrogen-bond donors (Lipinski definition) is 2. The second kappa shape index (κ2) is 7.82. The van der Waals surface area contributed by atoms with Gasteiger partial charge in [0, 0.05) is 24.6 Å². The highest BCUT2D eigenvalue weighted by Crippen LogP contribution is 2.37. The van der Waals surface area contributed by atoms with E-state index in [0.717, 1.165) is 24.2 Å². The lowest BCUT2D eigenvalue weighted by Gasteiger charge is -2.29. The number of nitrogens with one attached hydrogen (secondary N) is 2. The second-order valence-corrected chi connectivity index (χ2v) is 8.92. The summed E-state index contributed by atoms with van der Waals surface area (Å²) in [5, 5.41) is 21.1. The molecular formula is C22H21N9O4. The lowest BCUT2D eigenvalue weighted by Crippen LogP contribution is -2.52. The first-order valence-corrected chi connectivity index (χ1v) is 11.3. The molecule has 1 unspecified atom stereocenters. The summed E-state index contributed by atoms with van der Waals surface area (Å²) in [6, 6.07) is 4.84. The van der Waals surface area contributed by atoms with Crippen LogP contribution < -0.4 is 10.6 Å². The number of benzene rings is 1. The second-order valence-electron chi connectivity index (χ2n) is 8.92. The molecule has 6 rings (SSSR count). The van der Waals surface area contributed by atoms with Crippen molar-refractivity contribution in [3.63, 3.8) is 0 Å². The van der Waals surface area contributed by atoms with Crippen LogP contribution in [-0.2, 0) is 16.1 Å². The standard InChI is InChI=1S/C22H21N9O4/c1-11-25-27-22(31(11)13-4-5-13)24-19(33)16-10-30(28-26-16)14-3-2-12-9-29(21(35)15(12)8-14)17-6-7-18(32)23-20(17)34/h2-3,8,10,13,17H,4-7,9H2,1H3,(H,23,32,34)(H,24,27,33). The van der Waals surface area contributed by atoms with E-state index in [0.29, 0.717) is 29.7 Å². The first-order chi connectivity index (χ1) is 16.9. The van der Waals surface area contributed by atoms with Crippen molar-refractivity contribution in [2.75, 3.05) is 5.32 Å². The molecule has 3 aromatic rings. The molecule has 1 aromatic carbocycles. The van der Waals surface area contributed by atoms with Gasteiger partial charge in [-0.05, 0) is 43.9 Å². The molecule has 35 heavy (non-hydrogen) atoms. The Morgan fingerprint density at radius 1 is 1.11 bits per heavy atom. The lowest BCUT2D eigenvalue weighted by atomic mass is 10.0. The van der Waals surface area contributed by atoms with Crippen molar-refractivity contribution in [2.45, 2.75) is 51.2 Å². The minimum atomic E-state index is -0.681. The van der Waals surface area contributed by atoms with Gasteiger partial charge in [0.1, 0.15) is 11.9 Å². The van der Waals surface area contributed by atoms with Crippen molar-refractivity contribution in [2.24, 2.45) is 0 Å². The molecule has 0 spiro atoms. The number of carbonyl (C=O) groups excluding carboxylic acids is 4. The fraction of sp³-hybridized carbons (Fsp3) is 0.364. The Bertz CT molecular complexity index is 1400. The summed E-state index contributed by atoms with van der Waals surface area (Å²) in [5.74, 6) is -0.424. The van der Waals surface area contributed by atoms with Gasteiger partial charge in [-0.2, -0.15) is 0 Å². The number of aromatic nitrogens is 6. The summed E-state index contributed by atoms with van der Waals surface area (Å²) in [6.45, 7) is 2.13. The summed E-state index contributed by atoms with van der Waals surface area (Å²) in [7, 11) is 0. The highest BCUT2D eigenvalue weighted by Gasteiger charge is 2.39. The van der Waals surface area contributed by atoms with Crippen LogP contribution in [0.5, 0.6) is 0 Å². The van der Waals surface area contributed by atoms with Crippen LogP contribution in [0.15, 0.2) is 24.4 Å². The first-order valence-electron chi connectivity index (χ1n) is 11.3. The smallest absolute Gasteiger partial charge is 0.280 e.